The molecular weight excluding hydrogens is 248 g/mol. The SMILES string of the molecule is CNc1nc(NCC(C)C(C)(C)C)c2ccccc2n1. The van der Waals surface area contributed by atoms with Crippen LogP contribution in [-0.2, 0) is 0 Å². The Bertz CT molecular complexity index is 587. The molecule has 0 aliphatic rings. The Morgan fingerprint density at radius 2 is 1.85 bits per heavy atom. The number of benzene rings is 1. The summed E-state index contributed by atoms with van der Waals surface area (Å²) in [4.78, 5) is 9.01. The molecule has 2 aromatic rings. The van der Waals surface area contributed by atoms with Crippen molar-refractivity contribution < 1.29 is 0 Å². The molecule has 2 rings (SSSR count). The van der Waals surface area contributed by atoms with Gasteiger partial charge in [-0.25, -0.2) is 4.98 Å². The van der Waals surface area contributed by atoms with Crippen LogP contribution in [-0.4, -0.2) is 23.6 Å². The van der Waals surface area contributed by atoms with Gasteiger partial charge in [0.15, 0.2) is 0 Å². The van der Waals surface area contributed by atoms with Crippen LogP contribution >= 0.6 is 0 Å². The summed E-state index contributed by atoms with van der Waals surface area (Å²) in [5.74, 6) is 2.10. The summed E-state index contributed by atoms with van der Waals surface area (Å²) >= 11 is 0. The first kappa shape index (κ1) is 14.6. The summed E-state index contributed by atoms with van der Waals surface area (Å²) in [5.41, 5.74) is 1.24. The van der Waals surface area contributed by atoms with E-state index in [-0.39, 0.29) is 5.41 Å². The van der Waals surface area contributed by atoms with Crippen molar-refractivity contribution in [2.75, 3.05) is 24.2 Å². The summed E-state index contributed by atoms with van der Waals surface area (Å²) in [6.07, 6.45) is 0. The molecule has 0 saturated heterocycles. The summed E-state index contributed by atoms with van der Waals surface area (Å²) in [6, 6.07) is 8.08. The average Bonchev–Trinajstić information content (AvgIpc) is 2.42. The van der Waals surface area contributed by atoms with E-state index in [1.807, 2.05) is 25.2 Å². The molecule has 1 unspecified atom stereocenters. The van der Waals surface area contributed by atoms with E-state index >= 15 is 0 Å². The lowest BCUT2D eigenvalue weighted by Crippen LogP contribution is -2.25. The smallest absolute Gasteiger partial charge is 0.224 e. The normalized spacial score (nSPS) is 13.2. The second-order valence-electron chi connectivity index (χ2n) is 6.31. The standard InChI is InChI=1S/C16H24N4/c1-11(16(2,3)4)10-18-14-12-8-6-7-9-13(12)19-15(17-5)20-14/h6-9,11H,10H2,1-5H3,(H2,17,18,19,20). The minimum Gasteiger partial charge on any atom is -0.369 e. The highest BCUT2D eigenvalue weighted by atomic mass is 15.1. The third kappa shape index (κ3) is 3.18. The van der Waals surface area contributed by atoms with Gasteiger partial charge in [-0.1, -0.05) is 39.8 Å². The molecule has 0 spiro atoms. The number of hydrogen-bond donors (Lipinski definition) is 2. The van der Waals surface area contributed by atoms with E-state index in [9.17, 15) is 0 Å². The maximum atomic E-state index is 4.54. The van der Waals surface area contributed by atoms with Crippen LogP contribution in [0.5, 0.6) is 0 Å². The zero-order valence-electron chi connectivity index (χ0n) is 13.0. The van der Waals surface area contributed by atoms with Crippen LogP contribution in [0.25, 0.3) is 10.9 Å². The van der Waals surface area contributed by atoms with Crippen molar-refractivity contribution in [3.05, 3.63) is 24.3 Å². The fraction of sp³-hybridized carbons (Fsp3) is 0.500. The number of rotatable bonds is 4. The number of hydrogen-bond acceptors (Lipinski definition) is 4. The number of anilines is 2. The molecule has 1 aromatic heterocycles. The Hall–Kier alpha value is -1.84. The van der Waals surface area contributed by atoms with Crippen LogP contribution in [0, 0.1) is 11.3 Å². The molecule has 0 saturated carbocycles. The molecule has 0 amide bonds. The quantitative estimate of drug-likeness (QED) is 0.889. The van der Waals surface area contributed by atoms with E-state index < -0.39 is 0 Å². The number of fused-ring (bicyclic) bond motifs is 1. The van der Waals surface area contributed by atoms with Crippen molar-refractivity contribution in [3.8, 4) is 0 Å². The topological polar surface area (TPSA) is 49.8 Å². The molecule has 2 N–H and O–H groups in total. The Morgan fingerprint density at radius 1 is 1.15 bits per heavy atom. The summed E-state index contributed by atoms with van der Waals surface area (Å²) in [5, 5.41) is 7.56. The first-order valence-corrected chi connectivity index (χ1v) is 7.10. The van der Waals surface area contributed by atoms with Gasteiger partial charge in [0.2, 0.25) is 5.95 Å². The Labute approximate surface area is 121 Å². The zero-order chi connectivity index (χ0) is 14.8. The minimum atomic E-state index is 0.279. The molecule has 0 bridgehead atoms. The van der Waals surface area contributed by atoms with Crippen molar-refractivity contribution in [3.63, 3.8) is 0 Å². The zero-order valence-corrected chi connectivity index (χ0v) is 13.0. The third-order valence-corrected chi connectivity index (χ3v) is 3.88. The predicted molar refractivity (Wildman–Crippen MR) is 86.2 cm³/mol. The van der Waals surface area contributed by atoms with Crippen molar-refractivity contribution in [2.24, 2.45) is 11.3 Å². The van der Waals surface area contributed by atoms with Gasteiger partial charge in [-0.3, -0.25) is 0 Å². The first-order chi connectivity index (χ1) is 9.41. The maximum Gasteiger partial charge on any atom is 0.224 e. The van der Waals surface area contributed by atoms with E-state index in [2.05, 4.69) is 54.4 Å². The molecule has 0 aliphatic heterocycles. The minimum absolute atomic E-state index is 0.279. The van der Waals surface area contributed by atoms with Crippen LogP contribution in [0.2, 0.25) is 0 Å². The summed E-state index contributed by atoms with van der Waals surface area (Å²) in [7, 11) is 1.84. The molecule has 1 atom stereocenters. The lowest BCUT2D eigenvalue weighted by Gasteiger charge is -2.27. The van der Waals surface area contributed by atoms with Gasteiger partial charge in [0, 0.05) is 19.0 Å². The van der Waals surface area contributed by atoms with Gasteiger partial charge in [-0.05, 0) is 23.5 Å². The fourth-order valence-electron chi connectivity index (χ4n) is 1.88. The first-order valence-electron chi connectivity index (χ1n) is 7.10. The van der Waals surface area contributed by atoms with E-state index in [1.54, 1.807) is 0 Å². The van der Waals surface area contributed by atoms with E-state index in [1.165, 1.54) is 0 Å². The Kier molecular flexibility index (Phi) is 4.12. The van der Waals surface area contributed by atoms with Gasteiger partial charge in [0.25, 0.3) is 0 Å². The lowest BCUT2D eigenvalue weighted by atomic mass is 9.82. The van der Waals surface area contributed by atoms with Crippen molar-refractivity contribution in [1.82, 2.24) is 9.97 Å². The highest BCUT2D eigenvalue weighted by Crippen LogP contribution is 2.27. The molecule has 4 heteroatoms. The van der Waals surface area contributed by atoms with E-state index in [0.29, 0.717) is 11.9 Å². The fourth-order valence-corrected chi connectivity index (χ4v) is 1.88. The van der Waals surface area contributed by atoms with Crippen LogP contribution in [0.15, 0.2) is 24.3 Å². The molecule has 1 aromatic carbocycles. The highest BCUT2D eigenvalue weighted by Gasteiger charge is 2.20. The molecule has 0 aliphatic carbocycles. The van der Waals surface area contributed by atoms with Crippen LogP contribution in [0.4, 0.5) is 11.8 Å². The summed E-state index contributed by atoms with van der Waals surface area (Å²) < 4.78 is 0. The van der Waals surface area contributed by atoms with Crippen LogP contribution < -0.4 is 10.6 Å². The molecule has 0 fully saturated rings. The van der Waals surface area contributed by atoms with Crippen molar-refractivity contribution >= 4 is 22.7 Å². The Morgan fingerprint density at radius 3 is 2.50 bits per heavy atom. The molecule has 108 valence electrons. The molecule has 20 heavy (non-hydrogen) atoms. The van der Waals surface area contributed by atoms with Gasteiger partial charge >= 0.3 is 0 Å². The van der Waals surface area contributed by atoms with Crippen molar-refractivity contribution in [1.29, 1.82) is 0 Å². The Balaban J connectivity index is 2.29. The van der Waals surface area contributed by atoms with E-state index in [4.69, 9.17) is 0 Å². The maximum absolute atomic E-state index is 4.54. The monoisotopic (exact) mass is 272 g/mol. The average molecular weight is 272 g/mol. The van der Waals surface area contributed by atoms with Gasteiger partial charge in [-0.2, -0.15) is 4.98 Å². The van der Waals surface area contributed by atoms with Crippen molar-refractivity contribution in [2.45, 2.75) is 27.7 Å². The highest BCUT2D eigenvalue weighted by molar-refractivity contribution is 5.89. The molecule has 0 radical (unpaired) electrons. The molecule has 1 heterocycles. The number of para-hydroxylation sites is 1. The third-order valence-electron chi connectivity index (χ3n) is 3.88. The van der Waals surface area contributed by atoms with E-state index in [0.717, 1.165) is 23.3 Å². The van der Waals surface area contributed by atoms with Crippen LogP contribution in [0.1, 0.15) is 27.7 Å². The van der Waals surface area contributed by atoms with Gasteiger partial charge in [0.05, 0.1) is 5.52 Å². The number of nitrogens with zero attached hydrogens (tertiary/aromatic N) is 2. The second-order valence-corrected chi connectivity index (χ2v) is 6.31. The molecular formula is C16H24N4. The van der Waals surface area contributed by atoms with Crippen LogP contribution in [0.3, 0.4) is 0 Å². The number of aromatic nitrogens is 2. The van der Waals surface area contributed by atoms with Gasteiger partial charge in [0.1, 0.15) is 5.82 Å². The predicted octanol–water partition coefficient (Wildman–Crippen LogP) is 3.77. The second kappa shape index (κ2) is 5.65. The molecule has 4 nitrogen and oxygen atoms in total. The van der Waals surface area contributed by atoms with Gasteiger partial charge in [-0.15, -0.1) is 0 Å². The number of nitrogens with one attached hydrogen (secondary N) is 2. The summed E-state index contributed by atoms with van der Waals surface area (Å²) in [6.45, 7) is 9.94. The largest absolute Gasteiger partial charge is 0.369 e. The van der Waals surface area contributed by atoms with Gasteiger partial charge < -0.3 is 10.6 Å². The lowest BCUT2D eigenvalue weighted by molar-refractivity contribution is 0.274.